The van der Waals surface area contributed by atoms with Gasteiger partial charge in [0, 0.05) is 5.69 Å². The summed E-state index contributed by atoms with van der Waals surface area (Å²) in [6.45, 7) is 0.522. The Labute approximate surface area is 124 Å². The first-order chi connectivity index (χ1) is 10.3. The fourth-order valence-electron chi connectivity index (χ4n) is 2.29. The molecule has 0 saturated heterocycles. The van der Waals surface area contributed by atoms with E-state index in [4.69, 9.17) is 4.74 Å². The van der Waals surface area contributed by atoms with Crippen molar-refractivity contribution in [3.63, 3.8) is 0 Å². The van der Waals surface area contributed by atoms with Crippen molar-refractivity contribution in [1.82, 2.24) is 0 Å². The van der Waals surface area contributed by atoms with E-state index in [9.17, 15) is 4.79 Å². The van der Waals surface area contributed by atoms with Gasteiger partial charge in [0.2, 0.25) is 5.91 Å². The summed E-state index contributed by atoms with van der Waals surface area (Å²) in [5, 5.41) is 2.85. The predicted molar refractivity (Wildman–Crippen MR) is 83.1 cm³/mol. The zero-order valence-corrected chi connectivity index (χ0v) is 11.9. The molecular weight excluding hydrogens is 262 g/mol. The Balaban J connectivity index is 1.43. The van der Waals surface area contributed by atoms with Crippen molar-refractivity contribution in [2.45, 2.75) is 25.4 Å². The summed E-state index contributed by atoms with van der Waals surface area (Å²) in [6.07, 6.45) is 2.58. The Hall–Kier alpha value is -2.13. The smallest absolute Gasteiger partial charge is 0.250 e. The van der Waals surface area contributed by atoms with Gasteiger partial charge in [-0.25, -0.2) is 0 Å². The minimum absolute atomic E-state index is 0.0687. The Morgan fingerprint density at radius 2 is 1.76 bits per heavy atom. The zero-order chi connectivity index (χ0) is 14.5. The minimum Gasteiger partial charge on any atom is -0.367 e. The molecule has 2 aromatic rings. The molecule has 0 unspecified atom stereocenters. The first-order valence-electron chi connectivity index (χ1n) is 7.33. The molecule has 0 atom stereocenters. The molecule has 3 heteroatoms. The Morgan fingerprint density at radius 3 is 2.43 bits per heavy atom. The second kappa shape index (κ2) is 6.55. The van der Waals surface area contributed by atoms with E-state index < -0.39 is 0 Å². The molecule has 0 aromatic heterocycles. The highest BCUT2D eigenvalue weighted by molar-refractivity contribution is 5.91. The van der Waals surface area contributed by atoms with Crippen LogP contribution in [0.5, 0.6) is 0 Å². The molecule has 1 fully saturated rings. The van der Waals surface area contributed by atoms with Crippen LogP contribution in [0.2, 0.25) is 0 Å². The quantitative estimate of drug-likeness (QED) is 0.876. The van der Waals surface area contributed by atoms with Crippen LogP contribution < -0.4 is 5.32 Å². The van der Waals surface area contributed by atoms with Crippen LogP contribution in [0.25, 0.3) is 0 Å². The molecular formula is C18H19NO2. The fourth-order valence-corrected chi connectivity index (χ4v) is 2.29. The molecule has 3 rings (SSSR count). The highest BCUT2D eigenvalue weighted by Crippen LogP contribution is 2.40. The SMILES string of the molecule is O=C(COCc1ccccc1)Nc1ccc(C2CC2)cc1. The van der Waals surface area contributed by atoms with Crippen LogP contribution in [0, 0.1) is 0 Å². The number of rotatable bonds is 6. The highest BCUT2D eigenvalue weighted by Gasteiger charge is 2.22. The van der Waals surface area contributed by atoms with Gasteiger partial charge in [-0.1, -0.05) is 42.5 Å². The molecule has 1 aliphatic rings. The number of amides is 1. The molecule has 0 aliphatic heterocycles. The standard InChI is InChI=1S/C18H19NO2/c20-18(13-21-12-14-4-2-1-3-5-14)19-17-10-8-16(9-11-17)15-6-7-15/h1-5,8-11,15H,6-7,12-13H2,(H,19,20). The van der Waals surface area contributed by atoms with E-state index in [1.165, 1.54) is 18.4 Å². The van der Waals surface area contributed by atoms with Crippen LogP contribution in [0.4, 0.5) is 5.69 Å². The first kappa shape index (κ1) is 13.8. The van der Waals surface area contributed by atoms with Gasteiger partial charge in [-0.3, -0.25) is 4.79 Å². The summed E-state index contributed by atoms with van der Waals surface area (Å²) in [5.41, 5.74) is 3.26. The molecule has 0 bridgehead atoms. The molecule has 1 aliphatic carbocycles. The van der Waals surface area contributed by atoms with Crippen LogP contribution in [-0.4, -0.2) is 12.5 Å². The molecule has 108 valence electrons. The average Bonchev–Trinajstić information content (AvgIpc) is 3.34. The summed E-state index contributed by atoms with van der Waals surface area (Å²) < 4.78 is 5.41. The molecule has 1 N–H and O–H groups in total. The fraction of sp³-hybridized carbons (Fsp3) is 0.278. The third kappa shape index (κ3) is 4.17. The Bertz CT molecular complexity index is 588. The van der Waals surface area contributed by atoms with Gasteiger partial charge >= 0.3 is 0 Å². The maximum atomic E-state index is 11.8. The van der Waals surface area contributed by atoms with Crippen LogP contribution in [0.15, 0.2) is 54.6 Å². The highest BCUT2D eigenvalue weighted by atomic mass is 16.5. The van der Waals surface area contributed by atoms with Crippen molar-refractivity contribution in [3.8, 4) is 0 Å². The van der Waals surface area contributed by atoms with Gasteiger partial charge in [0.15, 0.2) is 0 Å². The lowest BCUT2D eigenvalue weighted by atomic mass is 10.1. The molecule has 1 saturated carbocycles. The van der Waals surface area contributed by atoms with Gasteiger partial charge in [0.05, 0.1) is 6.61 Å². The van der Waals surface area contributed by atoms with E-state index in [0.717, 1.165) is 17.2 Å². The zero-order valence-electron chi connectivity index (χ0n) is 11.9. The number of anilines is 1. The van der Waals surface area contributed by atoms with Crippen molar-refractivity contribution in [3.05, 3.63) is 65.7 Å². The number of nitrogens with one attached hydrogen (secondary N) is 1. The largest absolute Gasteiger partial charge is 0.367 e. The second-order valence-corrected chi connectivity index (χ2v) is 5.42. The Kier molecular flexibility index (Phi) is 4.31. The lowest BCUT2D eigenvalue weighted by Gasteiger charge is -2.07. The molecule has 21 heavy (non-hydrogen) atoms. The van der Waals surface area contributed by atoms with Crippen molar-refractivity contribution in [1.29, 1.82) is 0 Å². The van der Waals surface area contributed by atoms with Gasteiger partial charge in [-0.15, -0.1) is 0 Å². The molecule has 3 nitrogen and oxygen atoms in total. The van der Waals surface area contributed by atoms with Gasteiger partial charge in [0.25, 0.3) is 0 Å². The van der Waals surface area contributed by atoms with Crippen LogP contribution in [0.1, 0.15) is 29.9 Å². The van der Waals surface area contributed by atoms with E-state index in [0.29, 0.717) is 6.61 Å². The average molecular weight is 281 g/mol. The molecule has 2 aromatic carbocycles. The normalized spacial score (nSPS) is 13.9. The summed E-state index contributed by atoms with van der Waals surface area (Å²) in [6, 6.07) is 18.0. The van der Waals surface area contributed by atoms with Crippen LogP contribution in [-0.2, 0) is 16.1 Å². The third-order valence-corrected chi connectivity index (χ3v) is 3.59. The third-order valence-electron chi connectivity index (χ3n) is 3.59. The Morgan fingerprint density at radius 1 is 1.05 bits per heavy atom. The lowest BCUT2D eigenvalue weighted by molar-refractivity contribution is -0.121. The number of benzene rings is 2. The maximum Gasteiger partial charge on any atom is 0.250 e. The number of hydrogen-bond acceptors (Lipinski definition) is 2. The van der Waals surface area contributed by atoms with E-state index in [1.54, 1.807) is 0 Å². The second-order valence-electron chi connectivity index (χ2n) is 5.42. The summed E-state index contributed by atoms with van der Waals surface area (Å²) in [4.78, 5) is 11.8. The van der Waals surface area contributed by atoms with Crippen LogP contribution in [0.3, 0.4) is 0 Å². The predicted octanol–water partition coefficient (Wildman–Crippen LogP) is 3.72. The van der Waals surface area contributed by atoms with Crippen molar-refractivity contribution >= 4 is 11.6 Å². The monoisotopic (exact) mass is 281 g/mol. The minimum atomic E-state index is -0.120. The van der Waals surface area contributed by atoms with Gasteiger partial charge in [-0.05, 0) is 42.0 Å². The van der Waals surface area contributed by atoms with E-state index in [-0.39, 0.29) is 12.5 Å². The van der Waals surface area contributed by atoms with E-state index in [2.05, 4.69) is 17.4 Å². The van der Waals surface area contributed by atoms with Crippen LogP contribution >= 0.6 is 0 Å². The molecule has 0 radical (unpaired) electrons. The van der Waals surface area contributed by atoms with Crippen molar-refractivity contribution in [2.24, 2.45) is 0 Å². The summed E-state index contributed by atoms with van der Waals surface area (Å²) in [5.74, 6) is 0.620. The molecule has 0 spiro atoms. The number of carbonyl (C=O) groups excluding carboxylic acids is 1. The number of carbonyl (C=O) groups is 1. The van der Waals surface area contributed by atoms with Gasteiger partial charge in [-0.2, -0.15) is 0 Å². The topological polar surface area (TPSA) is 38.3 Å². The summed E-state index contributed by atoms with van der Waals surface area (Å²) >= 11 is 0. The van der Waals surface area contributed by atoms with Gasteiger partial charge in [0.1, 0.15) is 6.61 Å². The van der Waals surface area contributed by atoms with Crippen molar-refractivity contribution in [2.75, 3.05) is 11.9 Å². The van der Waals surface area contributed by atoms with Crippen molar-refractivity contribution < 1.29 is 9.53 Å². The first-order valence-corrected chi connectivity index (χ1v) is 7.33. The molecule has 1 amide bonds. The lowest BCUT2D eigenvalue weighted by Crippen LogP contribution is -2.18. The number of ether oxygens (including phenoxy) is 1. The van der Waals surface area contributed by atoms with E-state index in [1.807, 2.05) is 42.5 Å². The van der Waals surface area contributed by atoms with E-state index >= 15 is 0 Å². The molecule has 0 heterocycles. The maximum absolute atomic E-state index is 11.8. The van der Waals surface area contributed by atoms with Gasteiger partial charge < -0.3 is 10.1 Å². The number of hydrogen-bond donors (Lipinski definition) is 1. The summed E-state index contributed by atoms with van der Waals surface area (Å²) in [7, 11) is 0.